The van der Waals surface area contributed by atoms with Crippen LogP contribution in [0.1, 0.15) is 12.8 Å². The predicted molar refractivity (Wildman–Crippen MR) is 51.6 cm³/mol. The third-order valence-corrected chi connectivity index (χ3v) is 3.35. The monoisotopic (exact) mass is 222 g/mol. The largest absolute Gasteiger partial charge is 0.393 e. The van der Waals surface area contributed by atoms with Crippen molar-refractivity contribution < 1.29 is 13.2 Å². The van der Waals surface area contributed by atoms with Crippen LogP contribution in [0.25, 0.3) is 0 Å². The average Bonchev–Trinajstić information content (AvgIpc) is 2.11. The Morgan fingerprint density at radius 2 is 2.00 bits per heavy atom. The van der Waals surface area contributed by atoms with Crippen LogP contribution in [0.5, 0.6) is 0 Å². The van der Waals surface area contributed by atoms with Crippen LogP contribution in [0.4, 0.5) is 13.2 Å². The lowest BCUT2D eigenvalue weighted by molar-refractivity contribution is -0.187. The van der Waals surface area contributed by atoms with E-state index in [2.05, 4.69) is 5.32 Å². The first kappa shape index (κ1) is 11.2. The molecule has 0 aromatic carbocycles. The van der Waals surface area contributed by atoms with Gasteiger partial charge in [0.2, 0.25) is 0 Å². The molecule has 88 valence electrons. The minimum absolute atomic E-state index is 0.208. The van der Waals surface area contributed by atoms with Gasteiger partial charge in [0.15, 0.2) is 0 Å². The Kier molecular flexibility index (Phi) is 3.21. The maximum atomic E-state index is 12.5. The summed E-state index contributed by atoms with van der Waals surface area (Å²) < 4.78 is 37.5. The number of piperidine rings is 1. The summed E-state index contributed by atoms with van der Waals surface area (Å²) in [5.74, 6) is -0.531. The molecular formula is C10H17F3N2. The standard InChI is InChI=1S/C10H17F3N2/c11-10(12,13)9-2-1-3-15(7-9)6-8-4-14-5-8/h8-9,14H,1-7H2. The molecule has 1 unspecified atom stereocenters. The molecular weight excluding hydrogens is 205 g/mol. The zero-order valence-corrected chi connectivity index (χ0v) is 8.69. The molecule has 2 heterocycles. The number of nitrogens with zero attached hydrogens (tertiary/aromatic N) is 1. The molecule has 2 aliphatic rings. The highest BCUT2D eigenvalue weighted by Gasteiger charge is 2.42. The number of hydrogen-bond acceptors (Lipinski definition) is 2. The van der Waals surface area contributed by atoms with Crippen molar-refractivity contribution in [2.75, 3.05) is 32.7 Å². The smallest absolute Gasteiger partial charge is 0.316 e. The van der Waals surface area contributed by atoms with Crippen LogP contribution in [-0.2, 0) is 0 Å². The zero-order chi connectivity index (χ0) is 10.9. The third-order valence-electron chi connectivity index (χ3n) is 3.35. The highest BCUT2D eigenvalue weighted by atomic mass is 19.4. The molecule has 0 aromatic rings. The Morgan fingerprint density at radius 1 is 1.27 bits per heavy atom. The molecule has 1 N–H and O–H groups in total. The van der Waals surface area contributed by atoms with E-state index >= 15 is 0 Å². The molecule has 0 spiro atoms. The summed E-state index contributed by atoms with van der Waals surface area (Å²) in [5.41, 5.74) is 0. The van der Waals surface area contributed by atoms with Gasteiger partial charge < -0.3 is 10.2 Å². The lowest BCUT2D eigenvalue weighted by Gasteiger charge is -2.38. The Bertz CT molecular complexity index is 213. The summed E-state index contributed by atoms with van der Waals surface area (Å²) in [6.45, 7) is 3.81. The maximum absolute atomic E-state index is 12.5. The van der Waals surface area contributed by atoms with Crippen LogP contribution in [0.15, 0.2) is 0 Å². The molecule has 0 radical (unpaired) electrons. The average molecular weight is 222 g/mol. The molecule has 5 heteroatoms. The third kappa shape index (κ3) is 2.84. The van der Waals surface area contributed by atoms with Crippen LogP contribution in [-0.4, -0.2) is 43.8 Å². The van der Waals surface area contributed by atoms with Crippen LogP contribution in [0, 0.1) is 11.8 Å². The van der Waals surface area contributed by atoms with Crippen molar-refractivity contribution in [3.8, 4) is 0 Å². The molecule has 1 atom stereocenters. The topological polar surface area (TPSA) is 15.3 Å². The van der Waals surface area contributed by atoms with Crippen molar-refractivity contribution in [1.82, 2.24) is 10.2 Å². The second-order valence-electron chi connectivity index (χ2n) is 4.66. The number of halogens is 3. The Balaban J connectivity index is 1.81. The van der Waals surface area contributed by atoms with Crippen molar-refractivity contribution in [2.24, 2.45) is 11.8 Å². The highest BCUT2D eigenvalue weighted by Crippen LogP contribution is 2.33. The minimum Gasteiger partial charge on any atom is -0.316 e. The number of rotatable bonds is 2. The zero-order valence-electron chi connectivity index (χ0n) is 8.69. The molecule has 0 saturated carbocycles. The summed E-state index contributed by atoms with van der Waals surface area (Å²) in [7, 11) is 0. The molecule has 2 aliphatic heterocycles. The van der Waals surface area contributed by atoms with Gasteiger partial charge in [0.05, 0.1) is 5.92 Å². The molecule has 2 saturated heterocycles. The first-order valence-corrected chi connectivity index (χ1v) is 5.55. The molecule has 15 heavy (non-hydrogen) atoms. The van der Waals surface area contributed by atoms with Crippen molar-refractivity contribution >= 4 is 0 Å². The van der Waals surface area contributed by atoms with Crippen molar-refractivity contribution in [1.29, 1.82) is 0 Å². The van der Waals surface area contributed by atoms with Gasteiger partial charge in [0.1, 0.15) is 0 Å². The Labute approximate surface area is 87.8 Å². The molecule has 0 bridgehead atoms. The van der Waals surface area contributed by atoms with Crippen LogP contribution < -0.4 is 5.32 Å². The van der Waals surface area contributed by atoms with E-state index in [4.69, 9.17) is 0 Å². The summed E-state index contributed by atoms with van der Waals surface area (Å²) in [5, 5.41) is 3.14. The molecule has 2 rings (SSSR count). The summed E-state index contributed by atoms with van der Waals surface area (Å²) in [6, 6.07) is 0. The van der Waals surface area contributed by atoms with E-state index in [1.54, 1.807) is 0 Å². The van der Waals surface area contributed by atoms with Gasteiger partial charge in [-0.1, -0.05) is 0 Å². The van der Waals surface area contributed by atoms with E-state index in [0.717, 1.165) is 26.2 Å². The summed E-state index contributed by atoms with van der Waals surface area (Å²) in [6.07, 6.45) is -3.01. The number of nitrogens with one attached hydrogen (secondary N) is 1. The molecule has 0 aliphatic carbocycles. The van der Waals surface area contributed by atoms with Crippen molar-refractivity contribution in [2.45, 2.75) is 19.0 Å². The molecule has 0 aromatic heterocycles. The fraction of sp³-hybridized carbons (Fsp3) is 1.00. The Morgan fingerprint density at radius 3 is 2.53 bits per heavy atom. The van der Waals surface area contributed by atoms with Gasteiger partial charge in [-0.05, 0) is 25.3 Å². The first-order valence-electron chi connectivity index (χ1n) is 5.55. The fourth-order valence-corrected chi connectivity index (χ4v) is 2.33. The van der Waals surface area contributed by atoms with E-state index < -0.39 is 12.1 Å². The van der Waals surface area contributed by atoms with Gasteiger partial charge in [0, 0.05) is 26.2 Å². The Hall–Kier alpha value is -0.290. The lowest BCUT2D eigenvalue weighted by Crippen LogP contribution is -2.51. The van der Waals surface area contributed by atoms with Gasteiger partial charge >= 0.3 is 6.18 Å². The van der Waals surface area contributed by atoms with Crippen LogP contribution >= 0.6 is 0 Å². The van der Waals surface area contributed by atoms with E-state index in [1.807, 2.05) is 4.90 Å². The second kappa shape index (κ2) is 4.29. The fourth-order valence-electron chi connectivity index (χ4n) is 2.33. The van der Waals surface area contributed by atoms with Gasteiger partial charge in [-0.2, -0.15) is 13.2 Å². The first-order chi connectivity index (χ1) is 7.05. The predicted octanol–water partition coefficient (Wildman–Crippen LogP) is 1.48. The van der Waals surface area contributed by atoms with Gasteiger partial charge in [-0.25, -0.2) is 0 Å². The summed E-state index contributed by atoms with van der Waals surface area (Å²) >= 11 is 0. The number of hydrogen-bond donors (Lipinski definition) is 1. The number of likely N-dealkylation sites (tertiary alicyclic amines) is 1. The maximum Gasteiger partial charge on any atom is 0.393 e. The van der Waals surface area contributed by atoms with Crippen LogP contribution in [0.2, 0.25) is 0 Å². The quantitative estimate of drug-likeness (QED) is 0.761. The SMILES string of the molecule is FC(F)(F)C1CCCN(CC2CNC2)C1. The van der Waals surface area contributed by atoms with Gasteiger partial charge in [-0.3, -0.25) is 0 Å². The van der Waals surface area contributed by atoms with E-state index in [9.17, 15) is 13.2 Å². The summed E-state index contributed by atoms with van der Waals surface area (Å²) in [4.78, 5) is 1.98. The minimum atomic E-state index is -4.00. The molecule has 0 amide bonds. The van der Waals surface area contributed by atoms with E-state index in [-0.39, 0.29) is 6.54 Å². The van der Waals surface area contributed by atoms with Gasteiger partial charge in [-0.15, -0.1) is 0 Å². The van der Waals surface area contributed by atoms with Crippen molar-refractivity contribution in [3.63, 3.8) is 0 Å². The number of alkyl halides is 3. The van der Waals surface area contributed by atoms with Gasteiger partial charge in [0.25, 0.3) is 0 Å². The lowest BCUT2D eigenvalue weighted by atomic mass is 9.95. The molecule has 2 nitrogen and oxygen atoms in total. The van der Waals surface area contributed by atoms with Crippen molar-refractivity contribution in [3.05, 3.63) is 0 Å². The molecule has 2 fully saturated rings. The van der Waals surface area contributed by atoms with Crippen LogP contribution in [0.3, 0.4) is 0 Å². The van der Waals surface area contributed by atoms with E-state index in [1.165, 1.54) is 0 Å². The second-order valence-corrected chi connectivity index (χ2v) is 4.66. The normalized spacial score (nSPS) is 30.2. The highest BCUT2D eigenvalue weighted by molar-refractivity contribution is 4.83. The van der Waals surface area contributed by atoms with E-state index in [0.29, 0.717) is 18.8 Å².